The Bertz CT molecular complexity index is 471. The maximum atomic E-state index is 6.31. The molecule has 1 heterocycles. The predicted molar refractivity (Wildman–Crippen MR) is 70.0 cm³/mol. The van der Waals surface area contributed by atoms with E-state index in [-0.39, 0.29) is 5.38 Å². The molecule has 84 valence electrons. The Labute approximate surface area is 112 Å². The molecule has 0 saturated carbocycles. The summed E-state index contributed by atoms with van der Waals surface area (Å²) in [5.74, 6) is 0.857. The molecule has 0 spiro atoms. The molecule has 0 aliphatic heterocycles. The molecule has 0 fully saturated rings. The number of hydrogen-bond acceptors (Lipinski definition) is 1. The summed E-state index contributed by atoms with van der Waals surface area (Å²) in [5, 5.41) is 0.477. The van der Waals surface area contributed by atoms with Gasteiger partial charge in [-0.15, -0.1) is 11.6 Å². The summed E-state index contributed by atoms with van der Waals surface area (Å²) in [6.07, 6.45) is 4.12. The molecular weight excluding hydrogens is 311 g/mol. The average molecular weight is 320 g/mol. The van der Waals surface area contributed by atoms with Crippen LogP contribution in [0, 0.1) is 0 Å². The molecular formula is C11H9BrCl2N2. The van der Waals surface area contributed by atoms with E-state index in [2.05, 4.69) is 25.9 Å². The van der Waals surface area contributed by atoms with Gasteiger partial charge in [-0.25, -0.2) is 4.98 Å². The van der Waals surface area contributed by atoms with Crippen molar-refractivity contribution in [3.63, 3.8) is 0 Å². The molecule has 16 heavy (non-hydrogen) atoms. The number of aromatic amines is 1. The zero-order valence-electron chi connectivity index (χ0n) is 8.25. The molecule has 5 heteroatoms. The normalized spacial score (nSPS) is 12.7. The van der Waals surface area contributed by atoms with E-state index in [1.54, 1.807) is 12.4 Å². The Balaban J connectivity index is 2.21. The lowest BCUT2D eigenvalue weighted by molar-refractivity contribution is 0.854. The number of nitrogens with one attached hydrogen (secondary N) is 1. The van der Waals surface area contributed by atoms with E-state index >= 15 is 0 Å². The molecule has 1 unspecified atom stereocenters. The van der Waals surface area contributed by atoms with Crippen molar-refractivity contribution >= 4 is 39.1 Å². The molecule has 1 aromatic carbocycles. The highest BCUT2D eigenvalue weighted by Crippen LogP contribution is 2.34. The number of rotatable bonds is 3. The van der Waals surface area contributed by atoms with Gasteiger partial charge in [0.05, 0.1) is 10.4 Å². The van der Waals surface area contributed by atoms with Crippen LogP contribution in [0.5, 0.6) is 0 Å². The molecule has 0 aliphatic rings. The van der Waals surface area contributed by atoms with Crippen LogP contribution in [-0.2, 0) is 6.42 Å². The molecule has 0 aliphatic carbocycles. The highest BCUT2D eigenvalue weighted by Gasteiger charge is 2.15. The molecule has 1 aromatic heterocycles. The standard InChI is InChI=1S/C11H9BrCl2N2/c12-8-3-1-2-7(11(8)14)9(13)6-10-15-4-5-16-10/h1-5,9H,6H2,(H,15,16). The summed E-state index contributed by atoms with van der Waals surface area (Å²) in [6.45, 7) is 0. The van der Waals surface area contributed by atoms with Crippen molar-refractivity contribution in [1.29, 1.82) is 0 Å². The van der Waals surface area contributed by atoms with Crippen LogP contribution in [0.1, 0.15) is 16.8 Å². The van der Waals surface area contributed by atoms with Crippen LogP contribution in [0.25, 0.3) is 0 Å². The Hall–Kier alpha value is -0.510. The number of benzene rings is 1. The van der Waals surface area contributed by atoms with Crippen molar-refractivity contribution in [2.75, 3.05) is 0 Å². The fraction of sp³-hybridized carbons (Fsp3) is 0.182. The van der Waals surface area contributed by atoms with Gasteiger partial charge >= 0.3 is 0 Å². The van der Waals surface area contributed by atoms with Gasteiger partial charge in [-0.2, -0.15) is 0 Å². The number of H-pyrrole nitrogens is 1. The number of imidazole rings is 1. The first-order chi connectivity index (χ1) is 7.68. The molecule has 2 nitrogen and oxygen atoms in total. The summed E-state index contributed by atoms with van der Waals surface area (Å²) in [7, 11) is 0. The molecule has 1 N–H and O–H groups in total. The molecule has 0 radical (unpaired) electrons. The molecule has 0 saturated heterocycles. The van der Waals surface area contributed by atoms with Gasteiger partial charge in [-0.05, 0) is 27.6 Å². The van der Waals surface area contributed by atoms with Crippen LogP contribution in [0.4, 0.5) is 0 Å². The average Bonchev–Trinajstić information content (AvgIpc) is 2.74. The van der Waals surface area contributed by atoms with Crippen molar-refractivity contribution in [2.45, 2.75) is 11.8 Å². The summed E-state index contributed by atoms with van der Waals surface area (Å²) < 4.78 is 0.858. The van der Waals surface area contributed by atoms with Crippen LogP contribution < -0.4 is 0 Å². The van der Waals surface area contributed by atoms with Gasteiger partial charge in [-0.3, -0.25) is 0 Å². The van der Waals surface area contributed by atoms with Crippen molar-refractivity contribution in [1.82, 2.24) is 9.97 Å². The Morgan fingerprint density at radius 1 is 1.44 bits per heavy atom. The Kier molecular flexibility index (Phi) is 3.90. The topological polar surface area (TPSA) is 28.7 Å². The van der Waals surface area contributed by atoms with E-state index in [1.165, 1.54) is 0 Å². The van der Waals surface area contributed by atoms with Crippen molar-refractivity contribution in [3.05, 3.63) is 51.5 Å². The minimum Gasteiger partial charge on any atom is -0.349 e. The Morgan fingerprint density at radius 3 is 2.94 bits per heavy atom. The fourth-order valence-electron chi connectivity index (χ4n) is 1.45. The number of hydrogen-bond donors (Lipinski definition) is 1. The van der Waals surface area contributed by atoms with Crippen LogP contribution >= 0.6 is 39.1 Å². The zero-order valence-corrected chi connectivity index (χ0v) is 11.4. The van der Waals surface area contributed by atoms with Gasteiger partial charge in [0.1, 0.15) is 5.82 Å². The minimum absolute atomic E-state index is 0.184. The zero-order chi connectivity index (χ0) is 11.5. The minimum atomic E-state index is -0.184. The summed E-state index contributed by atoms with van der Waals surface area (Å²) in [6, 6.07) is 5.73. The van der Waals surface area contributed by atoms with Gasteiger partial charge in [0.25, 0.3) is 0 Å². The third-order valence-corrected chi connectivity index (χ3v) is 3.95. The van der Waals surface area contributed by atoms with Crippen molar-refractivity contribution in [3.8, 4) is 0 Å². The van der Waals surface area contributed by atoms with E-state index in [1.807, 2.05) is 18.2 Å². The Morgan fingerprint density at radius 2 is 2.25 bits per heavy atom. The van der Waals surface area contributed by atoms with E-state index < -0.39 is 0 Å². The molecule has 0 amide bonds. The third-order valence-electron chi connectivity index (χ3n) is 2.25. The van der Waals surface area contributed by atoms with Crippen molar-refractivity contribution < 1.29 is 0 Å². The van der Waals surface area contributed by atoms with Crippen LogP contribution in [0.2, 0.25) is 5.02 Å². The lowest BCUT2D eigenvalue weighted by atomic mass is 10.1. The van der Waals surface area contributed by atoms with Gasteiger partial charge < -0.3 is 4.98 Å². The van der Waals surface area contributed by atoms with Gasteiger partial charge in [0.15, 0.2) is 0 Å². The first-order valence-electron chi connectivity index (χ1n) is 4.74. The molecule has 0 bridgehead atoms. The largest absolute Gasteiger partial charge is 0.349 e. The second kappa shape index (κ2) is 5.21. The summed E-state index contributed by atoms with van der Waals surface area (Å²) in [4.78, 5) is 7.16. The van der Waals surface area contributed by atoms with E-state index in [0.717, 1.165) is 15.9 Å². The van der Waals surface area contributed by atoms with Crippen LogP contribution in [0.3, 0.4) is 0 Å². The highest BCUT2D eigenvalue weighted by molar-refractivity contribution is 9.10. The van der Waals surface area contributed by atoms with E-state index in [0.29, 0.717) is 11.4 Å². The lowest BCUT2D eigenvalue weighted by Crippen LogP contribution is -1.98. The number of alkyl halides is 1. The first kappa shape index (κ1) is 12.0. The smallest absolute Gasteiger partial charge is 0.107 e. The van der Waals surface area contributed by atoms with E-state index in [9.17, 15) is 0 Å². The highest BCUT2D eigenvalue weighted by atomic mass is 79.9. The molecule has 2 aromatic rings. The monoisotopic (exact) mass is 318 g/mol. The fourth-order valence-corrected chi connectivity index (χ4v) is 2.47. The number of halogens is 3. The van der Waals surface area contributed by atoms with Crippen LogP contribution in [0.15, 0.2) is 35.1 Å². The van der Waals surface area contributed by atoms with Crippen LogP contribution in [-0.4, -0.2) is 9.97 Å². The SMILES string of the molecule is Clc1c(Br)cccc1C(Cl)Cc1ncc[nH]1. The second-order valence-electron chi connectivity index (χ2n) is 3.35. The summed E-state index contributed by atoms with van der Waals surface area (Å²) >= 11 is 15.9. The number of aromatic nitrogens is 2. The number of nitrogens with zero attached hydrogens (tertiary/aromatic N) is 1. The van der Waals surface area contributed by atoms with E-state index in [4.69, 9.17) is 23.2 Å². The first-order valence-corrected chi connectivity index (χ1v) is 6.35. The maximum Gasteiger partial charge on any atom is 0.107 e. The van der Waals surface area contributed by atoms with Gasteiger partial charge in [0.2, 0.25) is 0 Å². The lowest BCUT2D eigenvalue weighted by Gasteiger charge is -2.11. The molecule has 2 rings (SSSR count). The maximum absolute atomic E-state index is 6.31. The quantitative estimate of drug-likeness (QED) is 0.837. The predicted octanol–water partition coefficient (Wildman–Crippen LogP) is 4.35. The second-order valence-corrected chi connectivity index (χ2v) is 5.11. The van der Waals surface area contributed by atoms with Crippen molar-refractivity contribution in [2.24, 2.45) is 0 Å². The van der Waals surface area contributed by atoms with Gasteiger partial charge in [-0.1, -0.05) is 23.7 Å². The molecule has 1 atom stereocenters. The summed E-state index contributed by atoms with van der Waals surface area (Å²) in [5.41, 5.74) is 0.911. The van der Waals surface area contributed by atoms with Gasteiger partial charge in [0, 0.05) is 23.3 Å². The third kappa shape index (κ3) is 2.59.